The summed E-state index contributed by atoms with van der Waals surface area (Å²) in [5.41, 5.74) is 14.1. The Balaban J connectivity index is 0.000000133. The van der Waals surface area contributed by atoms with Gasteiger partial charge < -0.3 is 4.98 Å². The molecule has 15 aromatic rings. The molecule has 0 bridgehead atoms. The molecule has 80 heavy (non-hydrogen) atoms. The molecular weight excluding hydrogens is 1110 g/mol. The van der Waals surface area contributed by atoms with Crippen LogP contribution in [-0.4, -0.2) is 9.91 Å². The van der Waals surface area contributed by atoms with Gasteiger partial charge in [0, 0.05) is 42.1 Å². The van der Waals surface area contributed by atoms with Crippen molar-refractivity contribution in [2.45, 2.75) is 38.5 Å². The molecule has 0 amide bonds. The molecule has 0 spiro atoms. The monoisotopic (exact) mass is 1150 g/mol. The number of halogens is 2. The summed E-state index contributed by atoms with van der Waals surface area (Å²) in [5.74, 6) is 0. The van der Waals surface area contributed by atoms with Gasteiger partial charge in [0.2, 0.25) is 0 Å². The van der Waals surface area contributed by atoms with E-state index in [1.54, 1.807) is 12.1 Å². The molecule has 1 N–H and O–H groups in total. The zero-order valence-electron chi connectivity index (χ0n) is 44.2. The largest absolute Gasteiger partial charge is 0.354 e. The average Bonchev–Trinajstić information content (AvgIpc) is 2.82. The first-order valence-corrected chi connectivity index (χ1v) is 28.9. The summed E-state index contributed by atoms with van der Waals surface area (Å²) in [6, 6.07) is 76.2. The van der Waals surface area contributed by atoms with Crippen molar-refractivity contribution in [2.75, 3.05) is 0 Å². The molecule has 0 saturated heterocycles. The van der Waals surface area contributed by atoms with Gasteiger partial charge in [-0.15, -0.1) is 0 Å². The highest BCUT2D eigenvalue weighted by molar-refractivity contribution is 9.10. The molecule has 0 aliphatic heterocycles. The van der Waals surface area contributed by atoms with E-state index in [9.17, 15) is 10.1 Å². The highest BCUT2D eigenvalue weighted by atomic mass is 79.9. The predicted molar refractivity (Wildman–Crippen MR) is 345 cm³/mol. The zero-order chi connectivity index (χ0) is 54.1. The van der Waals surface area contributed by atoms with Crippen molar-refractivity contribution >= 4 is 146 Å². The number of nitro groups is 1. The summed E-state index contributed by atoms with van der Waals surface area (Å²) >= 11 is 7.28. The smallest absolute Gasteiger partial charge is 0.277 e. The number of rotatable bonds is 2. The number of benzene rings is 14. The van der Waals surface area contributed by atoms with Gasteiger partial charge in [0.1, 0.15) is 0 Å². The number of nitrogens with zero attached hydrogens (tertiary/aromatic N) is 1. The van der Waals surface area contributed by atoms with Crippen LogP contribution in [0.3, 0.4) is 0 Å². The second-order valence-electron chi connectivity index (χ2n) is 23.0. The summed E-state index contributed by atoms with van der Waals surface area (Å²) in [6.45, 7) is 9.37. The van der Waals surface area contributed by atoms with Gasteiger partial charge in [-0.3, -0.25) is 10.1 Å². The Kier molecular flexibility index (Phi) is 10.0. The van der Waals surface area contributed by atoms with E-state index in [0.29, 0.717) is 5.56 Å². The van der Waals surface area contributed by atoms with Gasteiger partial charge in [-0.05, 0) is 197 Å². The first-order valence-electron chi connectivity index (χ1n) is 27.3. The quantitative estimate of drug-likeness (QED) is 0.107. The number of hydrogen-bond acceptors (Lipinski definition) is 2. The van der Waals surface area contributed by atoms with Crippen LogP contribution in [0.2, 0.25) is 0 Å². The van der Waals surface area contributed by atoms with Gasteiger partial charge in [0.15, 0.2) is 0 Å². The minimum atomic E-state index is -0.300. The highest BCUT2D eigenvalue weighted by Gasteiger charge is 2.41. The molecule has 380 valence electrons. The van der Waals surface area contributed by atoms with Crippen LogP contribution in [0.1, 0.15) is 49.9 Å². The van der Waals surface area contributed by atoms with Gasteiger partial charge in [-0.2, -0.15) is 0 Å². The SMILES string of the molecule is CC1(C)c2cc3c4ccccc4c4ccccc4c3cc2-c2c1c1[nH]c3ccc(Br)cc3c1c1ccccc21.CC1(C)c2cc3c4ccccc4c4ccccc4c3cc2-c2c1cc(-c1cc(Br)ccc1[N+](=O)[O-])c1ccccc21. The Labute approximate surface area is 477 Å². The van der Waals surface area contributed by atoms with Crippen LogP contribution < -0.4 is 0 Å². The molecule has 0 unspecified atom stereocenters. The van der Waals surface area contributed by atoms with E-state index in [4.69, 9.17) is 0 Å². The van der Waals surface area contributed by atoms with Crippen molar-refractivity contribution in [3.63, 3.8) is 0 Å². The highest BCUT2D eigenvalue weighted by Crippen LogP contribution is 2.58. The lowest BCUT2D eigenvalue weighted by Gasteiger charge is -2.23. The second-order valence-corrected chi connectivity index (χ2v) is 24.8. The molecule has 0 saturated carbocycles. The molecule has 6 heteroatoms. The minimum absolute atomic E-state index is 0.107. The molecular formula is C74H48Br2N2O2. The van der Waals surface area contributed by atoms with E-state index in [1.165, 1.54) is 142 Å². The third-order valence-electron chi connectivity index (χ3n) is 18.2. The number of hydrogen-bond donors (Lipinski definition) is 1. The van der Waals surface area contributed by atoms with E-state index < -0.39 is 0 Å². The molecule has 4 nitrogen and oxygen atoms in total. The Morgan fingerprint density at radius 3 is 1.30 bits per heavy atom. The van der Waals surface area contributed by atoms with Crippen LogP contribution in [0.5, 0.6) is 0 Å². The lowest BCUT2D eigenvalue weighted by Crippen LogP contribution is -2.15. The maximum Gasteiger partial charge on any atom is 0.277 e. The topological polar surface area (TPSA) is 58.9 Å². The predicted octanol–water partition coefficient (Wildman–Crippen LogP) is 21.9. The Morgan fingerprint density at radius 2 is 0.775 bits per heavy atom. The normalized spacial score (nSPS) is 13.9. The first kappa shape index (κ1) is 47.3. The van der Waals surface area contributed by atoms with Gasteiger partial charge in [-0.25, -0.2) is 0 Å². The van der Waals surface area contributed by atoms with Gasteiger partial charge in [0.05, 0.1) is 16.0 Å². The van der Waals surface area contributed by atoms with Crippen molar-refractivity contribution in [3.8, 4) is 33.4 Å². The van der Waals surface area contributed by atoms with E-state index in [0.717, 1.165) is 25.3 Å². The Morgan fingerprint density at radius 1 is 0.362 bits per heavy atom. The maximum atomic E-state index is 12.1. The van der Waals surface area contributed by atoms with Crippen LogP contribution in [0.4, 0.5) is 5.69 Å². The van der Waals surface area contributed by atoms with Crippen LogP contribution in [-0.2, 0) is 10.8 Å². The number of H-pyrrole nitrogens is 1. The van der Waals surface area contributed by atoms with Crippen molar-refractivity contribution in [1.82, 2.24) is 4.98 Å². The number of fused-ring (bicyclic) bond motifs is 27. The van der Waals surface area contributed by atoms with Crippen LogP contribution in [0.15, 0.2) is 221 Å². The molecule has 1 heterocycles. The van der Waals surface area contributed by atoms with Crippen LogP contribution in [0, 0.1) is 10.1 Å². The standard InChI is InChI=1S/C37H24BrNO2.C37H24BrN/c1-37(2)33-19-29-25-12-6-4-10-23(25)22-9-3-5-11-24(22)28(29)18-32(33)36-27-14-8-7-13-26(27)30(20-34(36)37)31-17-21(38)15-16-35(31)39(40)41;1-37(2)31-19-28-24-12-6-4-10-22(24)21-9-3-5-11-23(21)27(28)18-29(31)33-25-13-7-8-14-26(25)34-30-17-20(38)15-16-32(30)39-36(34)35(33)37/h3-20H,1-2H3;3-19,39H,1-2H3. The van der Waals surface area contributed by atoms with Gasteiger partial charge in [0.25, 0.3) is 5.69 Å². The molecule has 1 aromatic heterocycles. The van der Waals surface area contributed by atoms with Crippen molar-refractivity contribution < 1.29 is 4.92 Å². The van der Waals surface area contributed by atoms with Crippen molar-refractivity contribution in [3.05, 3.63) is 254 Å². The van der Waals surface area contributed by atoms with E-state index >= 15 is 0 Å². The second kappa shape index (κ2) is 16.9. The van der Waals surface area contributed by atoms with Crippen LogP contribution in [0.25, 0.3) is 141 Å². The molecule has 0 fully saturated rings. The molecule has 14 aromatic carbocycles. The Bertz CT molecular complexity index is 5320. The zero-order valence-corrected chi connectivity index (χ0v) is 47.4. The number of aromatic nitrogens is 1. The van der Waals surface area contributed by atoms with E-state index in [1.807, 2.05) is 12.1 Å². The van der Waals surface area contributed by atoms with E-state index in [2.05, 4.69) is 253 Å². The molecule has 0 atom stereocenters. The van der Waals surface area contributed by atoms with E-state index in [-0.39, 0.29) is 21.4 Å². The maximum absolute atomic E-state index is 12.1. The summed E-state index contributed by atoms with van der Waals surface area (Å²) < 4.78 is 1.92. The third-order valence-corrected chi connectivity index (χ3v) is 19.2. The average molecular weight is 1160 g/mol. The summed E-state index contributed by atoms with van der Waals surface area (Å²) in [7, 11) is 0. The third kappa shape index (κ3) is 6.49. The molecule has 17 rings (SSSR count). The van der Waals surface area contributed by atoms with Gasteiger partial charge in [-0.1, -0.05) is 205 Å². The molecule has 0 radical (unpaired) electrons. The summed E-state index contributed by atoms with van der Waals surface area (Å²) in [6.07, 6.45) is 0. The number of nitro benzene ring substituents is 1. The fourth-order valence-electron chi connectivity index (χ4n) is 14.6. The lowest BCUT2D eigenvalue weighted by molar-refractivity contribution is -0.384. The minimum Gasteiger partial charge on any atom is -0.354 e. The van der Waals surface area contributed by atoms with Crippen LogP contribution >= 0.6 is 31.9 Å². The van der Waals surface area contributed by atoms with Gasteiger partial charge >= 0.3 is 0 Å². The Hall–Kier alpha value is -8.68. The fourth-order valence-corrected chi connectivity index (χ4v) is 15.3. The molecule has 2 aliphatic rings. The number of aromatic amines is 1. The summed E-state index contributed by atoms with van der Waals surface area (Å²) in [5, 5.41) is 35.0. The lowest BCUT2D eigenvalue weighted by atomic mass is 9.79. The summed E-state index contributed by atoms with van der Waals surface area (Å²) in [4.78, 5) is 15.7. The fraction of sp³-hybridized carbons (Fsp3) is 0.0811. The van der Waals surface area contributed by atoms with Crippen molar-refractivity contribution in [1.29, 1.82) is 0 Å². The first-order chi connectivity index (χ1) is 38.9. The molecule has 2 aliphatic carbocycles. The van der Waals surface area contributed by atoms with Crippen molar-refractivity contribution in [2.24, 2.45) is 0 Å². The number of nitrogens with one attached hydrogen (secondary N) is 1.